The van der Waals surface area contributed by atoms with Crippen molar-refractivity contribution in [1.29, 1.82) is 0 Å². The molecule has 1 amide bonds. The van der Waals surface area contributed by atoms with Crippen LogP contribution < -0.4 is 19.7 Å². The molecule has 1 aliphatic rings. The van der Waals surface area contributed by atoms with Gasteiger partial charge in [-0.15, -0.1) is 0 Å². The minimum atomic E-state index is -0.745. The molecule has 0 unspecified atom stereocenters. The van der Waals surface area contributed by atoms with Gasteiger partial charge in [-0.25, -0.2) is 4.98 Å². The number of ether oxygens (including phenoxy) is 2. The molecule has 0 spiro atoms. The topological polar surface area (TPSA) is 93.6 Å². The first-order chi connectivity index (χ1) is 19.2. The summed E-state index contributed by atoms with van der Waals surface area (Å²) in [6.07, 6.45) is 5.16. The molecule has 2 heterocycles. The lowest BCUT2D eigenvalue weighted by molar-refractivity contribution is -0.112. The summed E-state index contributed by atoms with van der Waals surface area (Å²) in [6, 6.07) is 18.0. The van der Waals surface area contributed by atoms with Gasteiger partial charge in [0.25, 0.3) is 11.7 Å². The van der Waals surface area contributed by atoms with Crippen molar-refractivity contribution in [3.05, 3.63) is 78.0 Å². The summed E-state index contributed by atoms with van der Waals surface area (Å²) in [5.41, 5.74) is 1.60. The Morgan fingerprint density at radius 3 is 2.35 bits per heavy atom. The summed E-state index contributed by atoms with van der Waals surface area (Å²) in [6.45, 7) is 8.10. The predicted octanol–water partition coefficient (Wildman–Crippen LogP) is 6.54. The molecular weight excluding hydrogens is 504 g/mol. The van der Waals surface area contributed by atoms with Crippen LogP contribution in [0.15, 0.2) is 66.9 Å². The Bertz CT molecular complexity index is 1550. The first kappa shape index (κ1) is 27.1. The highest BCUT2D eigenvalue weighted by Gasteiger charge is 2.23. The molecule has 1 saturated heterocycles. The summed E-state index contributed by atoms with van der Waals surface area (Å²) >= 11 is 0. The van der Waals surface area contributed by atoms with Crippen LogP contribution in [0.4, 0.5) is 11.6 Å². The Hall–Kier alpha value is -4.46. The van der Waals surface area contributed by atoms with Crippen molar-refractivity contribution in [3.63, 3.8) is 0 Å². The third-order valence-electron chi connectivity index (χ3n) is 7.12. The van der Waals surface area contributed by atoms with Crippen LogP contribution in [0.2, 0.25) is 0 Å². The molecule has 0 saturated carbocycles. The number of amides is 1. The summed E-state index contributed by atoms with van der Waals surface area (Å²) < 4.78 is 11.6. The van der Waals surface area contributed by atoms with Crippen molar-refractivity contribution in [2.24, 2.45) is 0 Å². The average Bonchev–Trinajstić information content (AvgIpc) is 2.97. The monoisotopic (exact) mass is 538 g/mol. The van der Waals surface area contributed by atoms with Gasteiger partial charge in [0.1, 0.15) is 11.5 Å². The van der Waals surface area contributed by atoms with E-state index < -0.39 is 11.7 Å². The van der Waals surface area contributed by atoms with E-state index in [0.29, 0.717) is 39.8 Å². The molecule has 8 heteroatoms. The lowest BCUT2D eigenvalue weighted by Crippen LogP contribution is -2.30. The highest BCUT2D eigenvalue weighted by molar-refractivity contribution is 6.48. The smallest absolute Gasteiger partial charge is 0.296 e. The summed E-state index contributed by atoms with van der Waals surface area (Å²) in [4.78, 5) is 37.8. The van der Waals surface area contributed by atoms with E-state index in [1.165, 1.54) is 13.5 Å². The maximum atomic E-state index is 13.4. The third kappa shape index (κ3) is 5.76. The molecule has 40 heavy (non-hydrogen) atoms. The molecule has 1 aliphatic heterocycles. The minimum Gasteiger partial charge on any atom is -0.495 e. The molecule has 3 aromatic carbocycles. The van der Waals surface area contributed by atoms with Gasteiger partial charge in [0.2, 0.25) is 11.8 Å². The lowest BCUT2D eigenvalue weighted by atomic mass is 9.87. The molecule has 1 fully saturated rings. The molecule has 206 valence electrons. The number of benzene rings is 3. The summed E-state index contributed by atoms with van der Waals surface area (Å²) in [5.74, 6) is 0.691. The van der Waals surface area contributed by atoms with E-state index in [0.717, 1.165) is 31.5 Å². The van der Waals surface area contributed by atoms with E-state index >= 15 is 0 Å². The molecular formula is C32H34N4O4. The Morgan fingerprint density at radius 1 is 0.900 bits per heavy atom. The molecule has 4 aromatic rings. The van der Waals surface area contributed by atoms with Crippen molar-refractivity contribution in [3.8, 4) is 17.4 Å². The number of carbonyl (C=O) groups is 2. The Labute approximate surface area is 234 Å². The molecule has 8 nitrogen and oxygen atoms in total. The molecule has 0 radical (unpaired) electrons. The van der Waals surface area contributed by atoms with Crippen molar-refractivity contribution >= 4 is 34.1 Å². The maximum Gasteiger partial charge on any atom is 0.296 e. The molecule has 0 aliphatic carbocycles. The second-order valence-electron chi connectivity index (χ2n) is 10.9. The first-order valence-corrected chi connectivity index (χ1v) is 13.6. The SMILES string of the molecule is COc1ccc(C(C)(C)C)cc1NC(=O)C(=O)c1ccc(Oc2ccnc(N3CCCCC3)n2)c2ccccc12. The number of hydrogen-bond donors (Lipinski definition) is 1. The number of hydrogen-bond acceptors (Lipinski definition) is 7. The van der Waals surface area contributed by atoms with Crippen molar-refractivity contribution < 1.29 is 19.1 Å². The van der Waals surface area contributed by atoms with E-state index in [4.69, 9.17) is 9.47 Å². The van der Waals surface area contributed by atoms with Gasteiger partial charge in [0.15, 0.2) is 0 Å². The number of rotatable bonds is 7. The zero-order valence-electron chi connectivity index (χ0n) is 23.4. The van der Waals surface area contributed by atoms with Crippen molar-refractivity contribution in [2.45, 2.75) is 45.4 Å². The normalized spacial score (nSPS) is 13.7. The Kier molecular flexibility index (Phi) is 7.69. The third-order valence-corrected chi connectivity index (χ3v) is 7.12. The Morgan fingerprint density at radius 2 is 1.62 bits per heavy atom. The number of ketones is 1. The van der Waals surface area contributed by atoms with Crippen LogP contribution in [0.25, 0.3) is 10.8 Å². The molecule has 1 aromatic heterocycles. The standard InChI is InChI=1S/C32H34N4O4/c1-32(2,3)21-12-14-27(39-4)25(20-21)34-30(38)29(37)24-13-15-26(23-11-7-6-10-22(23)24)40-28-16-17-33-31(35-28)36-18-8-5-9-19-36/h6-7,10-17,20H,5,8-9,18-19H2,1-4H3,(H,34,38). The van der Waals surface area contributed by atoms with Gasteiger partial charge in [-0.1, -0.05) is 51.1 Å². The first-order valence-electron chi connectivity index (χ1n) is 13.6. The largest absolute Gasteiger partial charge is 0.495 e. The van der Waals surface area contributed by atoms with Crippen molar-refractivity contribution in [1.82, 2.24) is 9.97 Å². The van der Waals surface area contributed by atoms with Crippen LogP contribution in [-0.2, 0) is 10.2 Å². The quantitative estimate of drug-likeness (QED) is 0.211. The Balaban J connectivity index is 1.41. The molecule has 0 bridgehead atoms. The van der Waals surface area contributed by atoms with Crippen LogP contribution in [-0.4, -0.2) is 41.9 Å². The highest BCUT2D eigenvalue weighted by atomic mass is 16.5. The van der Waals surface area contributed by atoms with Crippen LogP contribution in [0.1, 0.15) is 56.0 Å². The van der Waals surface area contributed by atoms with E-state index in [1.807, 2.05) is 36.4 Å². The fourth-order valence-corrected chi connectivity index (χ4v) is 4.88. The van der Waals surface area contributed by atoms with Gasteiger partial charge in [0, 0.05) is 36.3 Å². The van der Waals surface area contributed by atoms with Gasteiger partial charge in [-0.2, -0.15) is 4.98 Å². The number of nitrogens with one attached hydrogen (secondary N) is 1. The van der Waals surface area contributed by atoms with E-state index in [9.17, 15) is 9.59 Å². The number of anilines is 2. The second-order valence-corrected chi connectivity index (χ2v) is 10.9. The average molecular weight is 539 g/mol. The van der Waals surface area contributed by atoms with Crippen LogP contribution in [0.3, 0.4) is 0 Å². The van der Waals surface area contributed by atoms with Gasteiger partial charge in [0.05, 0.1) is 12.8 Å². The number of piperidine rings is 1. The molecule has 1 N–H and O–H groups in total. The van der Waals surface area contributed by atoms with E-state index in [2.05, 4.69) is 41.0 Å². The summed E-state index contributed by atoms with van der Waals surface area (Å²) in [7, 11) is 1.53. The van der Waals surface area contributed by atoms with Gasteiger partial charge >= 0.3 is 0 Å². The predicted molar refractivity (Wildman–Crippen MR) is 157 cm³/mol. The van der Waals surface area contributed by atoms with Crippen molar-refractivity contribution in [2.75, 3.05) is 30.4 Å². The highest BCUT2D eigenvalue weighted by Crippen LogP contribution is 2.34. The molecule has 0 atom stereocenters. The van der Waals surface area contributed by atoms with E-state index in [1.54, 1.807) is 30.5 Å². The summed E-state index contributed by atoms with van der Waals surface area (Å²) in [5, 5.41) is 4.07. The number of methoxy groups -OCH3 is 1. The number of fused-ring (bicyclic) bond motifs is 1. The number of nitrogens with zero attached hydrogens (tertiary/aromatic N) is 3. The maximum absolute atomic E-state index is 13.4. The lowest BCUT2D eigenvalue weighted by Gasteiger charge is -2.26. The fourth-order valence-electron chi connectivity index (χ4n) is 4.88. The van der Waals surface area contributed by atoms with Crippen LogP contribution in [0, 0.1) is 0 Å². The number of Topliss-reactive ketones (excluding diaryl/α,β-unsaturated/α-hetero) is 1. The number of aromatic nitrogens is 2. The van der Waals surface area contributed by atoms with Gasteiger partial charge in [-0.05, 0) is 59.9 Å². The van der Waals surface area contributed by atoms with Crippen LogP contribution in [0.5, 0.6) is 17.4 Å². The fraction of sp³-hybridized carbons (Fsp3) is 0.312. The zero-order chi connectivity index (χ0) is 28.3. The second kappa shape index (κ2) is 11.3. The van der Waals surface area contributed by atoms with E-state index in [-0.39, 0.29) is 11.0 Å². The van der Waals surface area contributed by atoms with Crippen LogP contribution >= 0.6 is 0 Å². The zero-order valence-corrected chi connectivity index (χ0v) is 23.4. The molecule has 5 rings (SSSR count). The number of carbonyl (C=O) groups excluding carboxylic acids is 2. The van der Waals surface area contributed by atoms with Gasteiger partial charge in [-0.3, -0.25) is 9.59 Å². The minimum absolute atomic E-state index is 0.139. The van der Waals surface area contributed by atoms with Gasteiger partial charge < -0.3 is 19.7 Å².